The van der Waals surface area contributed by atoms with Gasteiger partial charge in [0.25, 0.3) is 5.91 Å². The Morgan fingerprint density at radius 3 is 2.54 bits per heavy atom. The highest BCUT2D eigenvalue weighted by molar-refractivity contribution is 5.86. The van der Waals surface area contributed by atoms with E-state index in [9.17, 15) is 23.5 Å². The summed E-state index contributed by atoms with van der Waals surface area (Å²) in [5, 5.41) is 9.94. The molecule has 1 aliphatic carbocycles. The molecule has 0 aromatic heterocycles. The minimum atomic E-state index is -3.76. The Hall–Kier alpha value is -1.44. The number of aliphatic hydroxyl groups is 1. The Balaban J connectivity index is 1.67. The van der Waals surface area contributed by atoms with Gasteiger partial charge in [0.15, 0.2) is 0 Å². The number of carbonyl (C=O) groups is 2. The minimum Gasteiger partial charge on any atom is -0.383 e. The molecule has 2 saturated heterocycles. The number of carbonyl (C=O) groups excluding carboxylic acids is 2. The molecule has 1 unspecified atom stereocenters. The highest BCUT2D eigenvalue weighted by Gasteiger charge is 2.62. The first-order valence-electron chi connectivity index (χ1n) is 8.61. The molecule has 1 atom stereocenters. The second kappa shape index (κ2) is 5.82. The maximum atomic E-state index is 14.4. The zero-order chi connectivity index (χ0) is 17.7. The van der Waals surface area contributed by atoms with Crippen LogP contribution in [0.2, 0.25) is 0 Å². The van der Waals surface area contributed by atoms with Crippen LogP contribution in [0.1, 0.15) is 33.1 Å². The monoisotopic (exact) mass is 345 g/mol. The highest BCUT2D eigenvalue weighted by Crippen LogP contribution is 2.45. The first-order valence-corrected chi connectivity index (χ1v) is 8.61. The second-order valence-electron chi connectivity index (χ2n) is 7.64. The number of fused-ring (bicyclic) bond motifs is 1. The van der Waals surface area contributed by atoms with Gasteiger partial charge in [0, 0.05) is 32.7 Å². The van der Waals surface area contributed by atoms with E-state index in [4.69, 9.17) is 0 Å². The molecular formula is C16H25F2N3O3. The molecule has 0 aromatic carbocycles. The molecule has 3 fully saturated rings. The van der Waals surface area contributed by atoms with Crippen LogP contribution < -0.4 is 0 Å². The van der Waals surface area contributed by atoms with Crippen LogP contribution in [0.5, 0.6) is 0 Å². The normalized spacial score (nSPS) is 26.7. The fourth-order valence-corrected chi connectivity index (χ4v) is 3.78. The second-order valence-corrected chi connectivity index (χ2v) is 7.64. The minimum absolute atomic E-state index is 0.0458. The van der Waals surface area contributed by atoms with E-state index in [0.29, 0.717) is 25.4 Å². The molecule has 1 saturated carbocycles. The lowest BCUT2D eigenvalue weighted by Crippen LogP contribution is -2.64. The molecule has 8 heteroatoms. The van der Waals surface area contributed by atoms with E-state index in [1.807, 2.05) is 13.8 Å². The van der Waals surface area contributed by atoms with Crippen LogP contribution in [0.25, 0.3) is 0 Å². The van der Waals surface area contributed by atoms with E-state index >= 15 is 0 Å². The third-order valence-corrected chi connectivity index (χ3v) is 5.34. The highest BCUT2D eigenvalue weighted by atomic mass is 19.3. The lowest BCUT2D eigenvalue weighted by molar-refractivity contribution is -0.224. The molecule has 24 heavy (non-hydrogen) atoms. The number of hydrogen-bond donors (Lipinski definition) is 1. The molecule has 0 aromatic rings. The standard InChI is InChI=1S/C16H25F2N3O3/c1-11(2)8-20-10-12-9-19(6-7-21(12)14(20)23)13(22)16(17,18)15(24)4-3-5-15/h11-12,24H,3-10H2,1-2H3. The van der Waals surface area contributed by atoms with Crippen LogP contribution in [-0.2, 0) is 4.79 Å². The largest absolute Gasteiger partial charge is 0.383 e. The summed E-state index contributed by atoms with van der Waals surface area (Å²) in [4.78, 5) is 29.1. The molecule has 0 bridgehead atoms. The number of rotatable bonds is 4. The van der Waals surface area contributed by atoms with Gasteiger partial charge >= 0.3 is 12.0 Å². The van der Waals surface area contributed by atoms with Gasteiger partial charge in [-0.15, -0.1) is 0 Å². The van der Waals surface area contributed by atoms with Crippen LogP contribution in [-0.4, -0.2) is 82.0 Å². The van der Waals surface area contributed by atoms with Crippen molar-refractivity contribution in [2.45, 2.75) is 50.7 Å². The van der Waals surface area contributed by atoms with Crippen LogP contribution in [0.15, 0.2) is 0 Å². The molecule has 0 spiro atoms. The number of piperazine rings is 1. The van der Waals surface area contributed by atoms with Gasteiger partial charge in [0.05, 0.1) is 6.04 Å². The van der Waals surface area contributed by atoms with Gasteiger partial charge < -0.3 is 19.8 Å². The van der Waals surface area contributed by atoms with Gasteiger partial charge in [0.1, 0.15) is 5.60 Å². The van der Waals surface area contributed by atoms with Crippen molar-refractivity contribution in [2.75, 3.05) is 32.7 Å². The van der Waals surface area contributed by atoms with E-state index in [1.165, 1.54) is 0 Å². The van der Waals surface area contributed by atoms with Crippen molar-refractivity contribution in [3.8, 4) is 0 Å². The van der Waals surface area contributed by atoms with Crippen molar-refractivity contribution >= 4 is 11.9 Å². The van der Waals surface area contributed by atoms with Crippen LogP contribution in [0.3, 0.4) is 0 Å². The van der Waals surface area contributed by atoms with Gasteiger partial charge in [0.2, 0.25) is 0 Å². The van der Waals surface area contributed by atoms with Crippen LogP contribution >= 0.6 is 0 Å². The average Bonchev–Trinajstić information content (AvgIpc) is 2.78. The number of amides is 3. The average molecular weight is 345 g/mol. The predicted octanol–water partition coefficient (Wildman–Crippen LogP) is 1.14. The Morgan fingerprint density at radius 2 is 2.00 bits per heavy atom. The van der Waals surface area contributed by atoms with Crippen molar-refractivity contribution in [3.05, 3.63) is 0 Å². The Bertz CT molecular complexity index is 537. The summed E-state index contributed by atoms with van der Waals surface area (Å²) in [5.41, 5.74) is -2.20. The van der Waals surface area contributed by atoms with Crippen molar-refractivity contribution in [1.82, 2.24) is 14.7 Å². The van der Waals surface area contributed by atoms with Crippen molar-refractivity contribution in [3.63, 3.8) is 0 Å². The summed E-state index contributed by atoms with van der Waals surface area (Å²) >= 11 is 0. The molecule has 6 nitrogen and oxygen atoms in total. The summed E-state index contributed by atoms with van der Waals surface area (Å²) in [6.45, 7) is 5.55. The molecule has 3 rings (SSSR count). The zero-order valence-corrected chi connectivity index (χ0v) is 14.2. The SMILES string of the molecule is CC(C)CN1CC2CN(C(=O)C(F)(F)C3(O)CCC3)CCN2C1=O. The van der Waals surface area contributed by atoms with Gasteiger partial charge in [-0.1, -0.05) is 13.8 Å². The first-order chi connectivity index (χ1) is 11.2. The van der Waals surface area contributed by atoms with Crippen LogP contribution in [0.4, 0.5) is 13.6 Å². The van der Waals surface area contributed by atoms with Gasteiger partial charge in [-0.05, 0) is 25.2 Å². The first kappa shape index (κ1) is 17.4. The molecule has 3 aliphatic rings. The van der Waals surface area contributed by atoms with E-state index in [0.717, 1.165) is 4.90 Å². The molecule has 2 aliphatic heterocycles. The topological polar surface area (TPSA) is 64.1 Å². The van der Waals surface area contributed by atoms with Gasteiger partial charge in [-0.2, -0.15) is 8.78 Å². The number of nitrogens with zero attached hydrogens (tertiary/aromatic N) is 3. The zero-order valence-electron chi connectivity index (χ0n) is 14.2. The summed E-state index contributed by atoms with van der Waals surface area (Å²) in [7, 11) is 0. The Morgan fingerprint density at radius 1 is 1.33 bits per heavy atom. The van der Waals surface area contributed by atoms with Crippen LogP contribution in [0, 0.1) is 5.92 Å². The molecule has 3 amide bonds. The van der Waals surface area contributed by atoms with E-state index in [-0.39, 0.29) is 44.5 Å². The van der Waals surface area contributed by atoms with E-state index in [1.54, 1.807) is 9.80 Å². The lowest BCUT2D eigenvalue weighted by Gasteiger charge is -2.45. The number of halogens is 2. The maximum absolute atomic E-state index is 14.4. The Kier molecular flexibility index (Phi) is 4.22. The molecule has 2 heterocycles. The van der Waals surface area contributed by atoms with E-state index < -0.39 is 17.4 Å². The fraction of sp³-hybridized carbons (Fsp3) is 0.875. The van der Waals surface area contributed by atoms with Gasteiger partial charge in [-0.25, -0.2) is 4.79 Å². The molecule has 0 radical (unpaired) electrons. The third kappa shape index (κ3) is 2.64. The lowest BCUT2D eigenvalue weighted by atomic mass is 9.75. The predicted molar refractivity (Wildman–Crippen MR) is 82.6 cm³/mol. The summed E-state index contributed by atoms with van der Waals surface area (Å²) in [6, 6.07) is -0.328. The summed E-state index contributed by atoms with van der Waals surface area (Å²) < 4.78 is 28.7. The molecule has 136 valence electrons. The summed E-state index contributed by atoms with van der Waals surface area (Å²) in [6.07, 6.45) is 0.417. The molecular weight excluding hydrogens is 320 g/mol. The smallest absolute Gasteiger partial charge is 0.352 e. The van der Waals surface area contributed by atoms with Gasteiger partial charge in [-0.3, -0.25) is 4.79 Å². The number of alkyl halides is 2. The number of urea groups is 1. The fourth-order valence-electron chi connectivity index (χ4n) is 3.78. The van der Waals surface area contributed by atoms with Crippen molar-refractivity contribution < 1.29 is 23.5 Å². The number of hydrogen-bond acceptors (Lipinski definition) is 3. The van der Waals surface area contributed by atoms with Crippen molar-refractivity contribution in [1.29, 1.82) is 0 Å². The maximum Gasteiger partial charge on any atom is 0.352 e. The third-order valence-electron chi connectivity index (χ3n) is 5.34. The van der Waals surface area contributed by atoms with Crippen molar-refractivity contribution in [2.24, 2.45) is 5.92 Å². The summed E-state index contributed by atoms with van der Waals surface area (Å²) in [5.74, 6) is -4.74. The molecule has 1 N–H and O–H groups in total. The quantitative estimate of drug-likeness (QED) is 0.831. The van der Waals surface area contributed by atoms with E-state index in [2.05, 4.69) is 0 Å². The Labute approximate surface area is 140 Å².